The zero-order chi connectivity index (χ0) is 17.0. The van der Waals surface area contributed by atoms with E-state index in [2.05, 4.69) is 0 Å². The standard InChI is InChI=1S/C14H11N/c1-2-7-13(8-3-1)15-11-10-12-6-4-5-9-14(12)15/h1-11H/i1D,2D,3D,4D,7D,8D,10D,11D. The average molecular weight is 201 g/mol. The Bertz CT molecular complexity index is 931. The third kappa shape index (κ3) is 1.33. The van der Waals surface area contributed by atoms with E-state index in [1.54, 1.807) is 0 Å². The predicted octanol–water partition coefficient (Wildman–Crippen LogP) is 3.63. The first-order valence-corrected chi connectivity index (χ1v) is 4.41. The van der Waals surface area contributed by atoms with Crippen LogP contribution in [0.5, 0.6) is 0 Å². The van der Waals surface area contributed by atoms with Crippen LogP contribution in [0.2, 0.25) is 0 Å². The van der Waals surface area contributed by atoms with E-state index in [-0.39, 0.29) is 23.9 Å². The second-order valence-electron chi connectivity index (χ2n) is 2.99. The van der Waals surface area contributed by atoms with Gasteiger partial charge in [-0.15, -0.1) is 0 Å². The first-order chi connectivity index (χ1) is 10.8. The maximum absolute atomic E-state index is 8.10. The molecule has 1 heterocycles. The van der Waals surface area contributed by atoms with Crippen molar-refractivity contribution in [3.05, 3.63) is 66.7 Å². The Morgan fingerprint density at radius 1 is 0.933 bits per heavy atom. The molecule has 0 bridgehead atoms. The highest BCUT2D eigenvalue weighted by molar-refractivity contribution is 5.81. The fraction of sp³-hybridized carbons (Fsp3) is 0. The van der Waals surface area contributed by atoms with E-state index in [0.29, 0.717) is 10.9 Å². The zero-order valence-corrected chi connectivity index (χ0v) is 7.68. The quantitative estimate of drug-likeness (QED) is 0.566. The summed E-state index contributed by atoms with van der Waals surface area (Å²) in [6.07, 6.45) is -0.288. The van der Waals surface area contributed by atoms with Crippen LogP contribution in [-0.2, 0) is 0 Å². The highest BCUT2D eigenvalue weighted by Gasteiger charge is 2.00. The van der Waals surface area contributed by atoms with Crippen LogP contribution in [0.3, 0.4) is 0 Å². The van der Waals surface area contributed by atoms with Crippen molar-refractivity contribution in [2.75, 3.05) is 0 Å². The predicted molar refractivity (Wildman–Crippen MR) is 63.3 cm³/mol. The number of hydrogen-bond acceptors (Lipinski definition) is 0. The Kier molecular flexibility index (Phi) is 0.772. The molecule has 0 aliphatic carbocycles. The summed E-state index contributed by atoms with van der Waals surface area (Å²) >= 11 is 0. The Balaban J connectivity index is 2.51. The van der Waals surface area contributed by atoms with Crippen LogP contribution < -0.4 is 0 Å². The van der Waals surface area contributed by atoms with Crippen molar-refractivity contribution >= 4 is 10.9 Å². The SMILES string of the molecule is [2H]c1ccc2c(c1)c([2H])c([2H])n2-c1c([2H])c([2H])c([2H])c([2H])c1[2H]. The van der Waals surface area contributed by atoms with Crippen LogP contribution in [0.15, 0.2) is 66.7 Å². The summed E-state index contributed by atoms with van der Waals surface area (Å²) in [6, 6.07) is 2.05. The van der Waals surface area contributed by atoms with Gasteiger partial charge in [0.1, 0.15) is 0 Å². The summed E-state index contributed by atoms with van der Waals surface area (Å²) in [5.74, 6) is 0. The Morgan fingerprint density at radius 2 is 1.80 bits per heavy atom. The van der Waals surface area contributed by atoms with Gasteiger partial charge in [-0.25, -0.2) is 0 Å². The van der Waals surface area contributed by atoms with Gasteiger partial charge < -0.3 is 4.57 Å². The molecule has 0 aliphatic rings. The van der Waals surface area contributed by atoms with Crippen LogP contribution in [0.1, 0.15) is 11.0 Å². The maximum atomic E-state index is 8.10. The minimum Gasteiger partial charge on any atom is -0.317 e. The minimum atomic E-state index is -0.508. The molecule has 0 saturated heterocycles. The van der Waals surface area contributed by atoms with Crippen molar-refractivity contribution in [3.8, 4) is 5.69 Å². The Labute approximate surface area is 99.8 Å². The van der Waals surface area contributed by atoms with E-state index in [0.717, 1.165) is 4.57 Å². The summed E-state index contributed by atoms with van der Waals surface area (Å²) in [4.78, 5) is 0. The lowest BCUT2D eigenvalue weighted by molar-refractivity contribution is 1.13. The lowest BCUT2D eigenvalue weighted by atomic mass is 10.2. The lowest BCUT2D eigenvalue weighted by Gasteiger charge is -2.04. The van der Waals surface area contributed by atoms with E-state index >= 15 is 0 Å². The number of hydrogen-bond donors (Lipinski definition) is 0. The number of fused-ring (bicyclic) bond motifs is 1. The summed E-state index contributed by atoms with van der Waals surface area (Å²) in [7, 11) is 0. The van der Waals surface area contributed by atoms with Gasteiger partial charge in [0.2, 0.25) is 0 Å². The molecule has 0 unspecified atom stereocenters. The van der Waals surface area contributed by atoms with Crippen LogP contribution in [0, 0.1) is 0 Å². The molecule has 0 N–H and O–H groups in total. The molecule has 1 aromatic heterocycles. The molecule has 0 atom stereocenters. The highest BCUT2D eigenvalue weighted by Crippen LogP contribution is 2.19. The smallest absolute Gasteiger partial charge is 0.0822 e. The van der Waals surface area contributed by atoms with Crippen molar-refractivity contribution in [1.82, 2.24) is 4.57 Å². The van der Waals surface area contributed by atoms with Crippen molar-refractivity contribution in [3.63, 3.8) is 0 Å². The molecule has 0 aliphatic heterocycles. The molecule has 0 fully saturated rings. The summed E-state index contributed by atoms with van der Waals surface area (Å²) in [5, 5.41) is 0.328. The van der Waals surface area contributed by atoms with E-state index in [1.807, 2.05) is 0 Å². The van der Waals surface area contributed by atoms with Gasteiger partial charge >= 0.3 is 0 Å². The molecule has 72 valence electrons. The molecule has 0 spiro atoms. The molecular formula is C14H11N. The molecular weight excluding hydrogens is 182 g/mol. The molecule has 15 heavy (non-hydrogen) atoms. The maximum Gasteiger partial charge on any atom is 0.0822 e. The van der Waals surface area contributed by atoms with E-state index in [1.165, 1.54) is 18.2 Å². The Morgan fingerprint density at radius 3 is 2.67 bits per heavy atom. The molecule has 1 nitrogen and oxygen atoms in total. The molecule has 3 aromatic rings. The number of aromatic nitrogens is 1. The second-order valence-corrected chi connectivity index (χ2v) is 2.99. The largest absolute Gasteiger partial charge is 0.317 e. The summed E-state index contributed by atoms with van der Waals surface area (Å²) < 4.78 is 64.1. The fourth-order valence-electron chi connectivity index (χ4n) is 1.43. The van der Waals surface area contributed by atoms with Crippen molar-refractivity contribution < 1.29 is 11.0 Å². The van der Waals surface area contributed by atoms with Gasteiger partial charge in [-0.2, -0.15) is 0 Å². The molecule has 3 rings (SSSR count). The van der Waals surface area contributed by atoms with Crippen molar-refractivity contribution in [1.29, 1.82) is 0 Å². The zero-order valence-electron chi connectivity index (χ0n) is 15.7. The molecule has 0 radical (unpaired) electrons. The number of rotatable bonds is 1. The van der Waals surface area contributed by atoms with Crippen LogP contribution in [0.4, 0.5) is 0 Å². The molecule has 2 aromatic carbocycles. The fourth-order valence-corrected chi connectivity index (χ4v) is 1.43. The van der Waals surface area contributed by atoms with Gasteiger partial charge in [0.15, 0.2) is 0 Å². The van der Waals surface area contributed by atoms with Gasteiger partial charge in [0.05, 0.1) is 16.5 Å². The van der Waals surface area contributed by atoms with Crippen molar-refractivity contribution in [2.24, 2.45) is 0 Å². The van der Waals surface area contributed by atoms with E-state index < -0.39 is 30.2 Å². The third-order valence-electron chi connectivity index (χ3n) is 2.09. The topological polar surface area (TPSA) is 4.93 Å². The number of benzene rings is 2. The summed E-state index contributed by atoms with van der Waals surface area (Å²) in [5.41, 5.74) is 0.191. The summed E-state index contributed by atoms with van der Waals surface area (Å²) in [6.45, 7) is 0. The minimum absolute atomic E-state index is 0.152. The first-order valence-electron chi connectivity index (χ1n) is 8.41. The Hall–Kier alpha value is -2.02. The molecule has 1 heteroatoms. The van der Waals surface area contributed by atoms with Gasteiger partial charge in [0.25, 0.3) is 0 Å². The number of para-hydroxylation sites is 2. The first kappa shape index (κ1) is 3.53. The van der Waals surface area contributed by atoms with Gasteiger partial charge in [-0.3, -0.25) is 0 Å². The van der Waals surface area contributed by atoms with Gasteiger partial charge in [-0.1, -0.05) is 36.3 Å². The van der Waals surface area contributed by atoms with E-state index in [9.17, 15) is 0 Å². The van der Waals surface area contributed by atoms with Crippen molar-refractivity contribution in [2.45, 2.75) is 0 Å². The van der Waals surface area contributed by atoms with E-state index in [4.69, 9.17) is 11.0 Å². The van der Waals surface area contributed by atoms with Gasteiger partial charge in [-0.05, 0) is 29.6 Å². The second kappa shape index (κ2) is 3.28. The third-order valence-corrected chi connectivity index (χ3v) is 2.09. The van der Waals surface area contributed by atoms with Crippen LogP contribution in [-0.4, -0.2) is 4.57 Å². The average Bonchev–Trinajstić information content (AvgIpc) is 2.76. The monoisotopic (exact) mass is 201 g/mol. The molecule has 0 amide bonds. The van der Waals surface area contributed by atoms with Crippen LogP contribution >= 0.6 is 0 Å². The number of nitrogens with zero attached hydrogens (tertiary/aromatic N) is 1. The molecule has 0 saturated carbocycles. The van der Waals surface area contributed by atoms with Crippen LogP contribution in [0.25, 0.3) is 16.6 Å². The highest BCUT2D eigenvalue weighted by atomic mass is 15.0. The lowest BCUT2D eigenvalue weighted by Crippen LogP contribution is -1.89. The van der Waals surface area contributed by atoms with Gasteiger partial charge in [0, 0.05) is 11.9 Å². The normalized spacial score (nSPS) is 18.1.